The summed E-state index contributed by atoms with van der Waals surface area (Å²) in [5.74, 6) is 0. The third kappa shape index (κ3) is 3.15. The topological polar surface area (TPSA) is 62.4 Å². The Labute approximate surface area is 101 Å². The fourth-order valence-corrected chi connectivity index (χ4v) is 1.73. The van der Waals surface area contributed by atoms with Gasteiger partial charge in [0.2, 0.25) is 0 Å². The van der Waals surface area contributed by atoms with Gasteiger partial charge in [-0.25, -0.2) is 0 Å². The first kappa shape index (κ1) is 12.9. The molecule has 16 heavy (non-hydrogen) atoms. The van der Waals surface area contributed by atoms with E-state index in [0.717, 1.165) is 30.8 Å². The highest BCUT2D eigenvalue weighted by atomic mass is 32.1. The van der Waals surface area contributed by atoms with E-state index in [4.69, 9.17) is 23.1 Å². The number of thiocarbonyl (C=S) groups is 1. The van der Waals surface area contributed by atoms with Crippen LogP contribution in [0.2, 0.25) is 0 Å². The van der Waals surface area contributed by atoms with Crippen LogP contribution in [0.25, 0.3) is 0 Å². The van der Waals surface area contributed by atoms with Crippen molar-refractivity contribution in [2.75, 3.05) is 24.6 Å². The number of pyridine rings is 1. The molecule has 4 nitrogen and oxygen atoms in total. The maximum absolute atomic E-state index is 8.84. The van der Waals surface area contributed by atoms with Crippen molar-refractivity contribution in [3.63, 3.8) is 0 Å². The van der Waals surface area contributed by atoms with Gasteiger partial charge in [0.25, 0.3) is 0 Å². The molecule has 0 saturated carbocycles. The van der Waals surface area contributed by atoms with Crippen LogP contribution < -0.4 is 10.6 Å². The Morgan fingerprint density at radius 1 is 1.62 bits per heavy atom. The van der Waals surface area contributed by atoms with Gasteiger partial charge in [0.05, 0.1) is 11.9 Å². The van der Waals surface area contributed by atoms with Crippen LogP contribution in [-0.4, -0.2) is 34.8 Å². The van der Waals surface area contributed by atoms with E-state index in [-0.39, 0.29) is 6.61 Å². The molecule has 0 atom stereocenters. The van der Waals surface area contributed by atoms with E-state index >= 15 is 0 Å². The second-order valence-electron chi connectivity index (χ2n) is 3.41. The van der Waals surface area contributed by atoms with Crippen LogP contribution in [0.1, 0.15) is 18.9 Å². The lowest BCUT2D eigenvalue weighted by molar-refractivity contribution is 0.289. The van der Waals surface area contributed by atoms with E-state index in [1.165, 1.54) is 0 Å². The van der Waals surface area contributed by atoms with Crippen LogP contribution in [0.5, 0.6) is 0 Å². The molecule has 0 saturated heterocycles. The van der Waals surface area contributed by atoms with E-state index in [0.29, 0.717) is 4.99 Å². The van der Waals surface area contributed by atoms with E-state index < -0.39 is 0 Å². The lowest BCUT2D eigenvalue weighted by Gasteiger charge is -2.24. The summed E-state index contributed by atoms with van der Waals surface area (Å²) >= 11 is 5.00. The van der Waals surface area contributed by atoms with Crippen molar-refractivity contribution < 1.29 is 5.11 Å². The zero-order valence-corrected chi connectivity index (χ0v) is 10.2. The molecule has 0 spiro atoms. The van der Waals surface area contributed by atoms with Crippen molar-refractivity contribution in [2.24, 2.45) is 5.73 Å². The van der Waals surface area contributed by atoms with Crippen molar-refractivity contribution in [2.45, 2.75) is 13.3 Å². The number of nitrogens with two attached hydrogens (primary N) is 1. The Morgan fingerprint density at radius 2 is 2.38 bits per heavy atom. The first-order chi connectivity index (χ1) is 7.70. The molecule has 0 fully saturated rings. The Kier molecular flexibility index (Phi) is 5.14. The summed E-state index contributed by atoms with van der Waals surface area (Å²) < 4.78 is 0. The van der Waals surface area contributed by atoms with Crippen molar-refractivity contribution in [1.29, 1.82) is 0 Å². The highest BCUT2D eigenvalue weighted by Crippen LogP contribution is 2.18. The Morgan fingerprint density at radius 3 is 2.94 bits per heavy atom. The smallest absolute Gasteiger partial charge is 0.106 e. The summed E-state index contributed by atoms with van der Waals surface area (Å²) in [6.45, 7) is 3.84. The minimum atomic E-state index is 0.180. The first-order valence-corrected chi connectivity index (χ1v) is 5.71. The minimum Gasteiger partial charge on any atom is -0.396 e. The predicted molar refractivity (Wildman–Crippen MR) is 69.7 cm³/mol. The van der Waals surface area contributed by atoms with Gasteiger partial charge in [-0.2, -0.15) is 0 Å². The molecule has 0 aromatic carbocycles. The molecular weight excluding hydrogens is 222 g/mol. The van der Waals surface area contributed by atoms with Gasteiger partial charge in [-0.3, -0.25) is 4.98 Å². The molecule has 0 aliphatic heterocycles. The molecule has 3 N–H and O–H groups in total. The third-order valence-corrected chi connectivity index (χ3v) is 2.59. The fourth-order valence-electron chi connectivity index (χ4n) is 1.56. The number of anilines is 1. The number of nitrogens with zero attached hydrogens (tertiary/aromatic N) is 2. The van der Waals surface area contributed by atoms with Gasteiger partial charge in [0.15, 0.2) is 0 Å². The molecule has 1 heterocycles. The van der Waals surface area contributed by atoms with Gasteiger partial charge < -0.3 is 15.7 Å². The van der Waals surface area contributed by atoms with Crippen LogP contribution in [0, 0.1) is 0 Å². The number of hydrogen-bond acceptors (Lipinski definition) is 4. The molecule has 88 valence electrons. The summed E-state index contributed by atoms with van der Waals surface area (Å²) in [5.41, 5.74) is 7.44. The Bertz CT molecular complexity index is 357. The van der Waals surface area contributed by atoms with Crippen LogP contribution in [0.4, 0.5) is 5.69 Å². The van der Waals surface area contributed by atoms with Crippen LogP contribution >= 0.6 is 12.2 Å². The maximum Gasteiger partial charge on any atom is 0.106 e. The van der Waals surface area contributed by atoms with Gasteiger partial charge in [-0.1, -0.05) is 12.2 Å². The monoisotopic (exact) mass is 239 g/mol. The molecule has 0 aliphatic carbocycles. The minimum absolute atomic E-state index is 0.180. The lowest BCUT2D eigenvalue weighted by Crippen LogP contribution is -2.27. The first-order valence-electron chi connectivity index (χ1n) is 5.30. The van der Waals surface area contributed by atoms with Gasteiger partial charge in [0.1, 0.15) is 4.99 Å². The second-order valence-corrected chi connectivity index (χ2v) is 3.85. The fraction of sp³-hybridized carbons (Fsp3) is 0.455. The Hall–Kier alpha value is -1.20. The molecule has 0 unspecified atom stereocenters. The van der Waals surface area contributed by atoms with Gasteiger partial charge in [0, 0.05) is 31.5 Å². The van der Waals surface area contributed by atoms with Gasteiger partial charge in [-0.15, -0.1) is 0 Å². The molecule has 0 bridgehead atoms. The molecule has 5 heteroatoms. The zero-order valence-electron chi connectivity index (χ0n) is 9.39. The van der Waals surface area contributed by atoms with Crippen LogP contribution in [-0.2, 0) is 0 Å². The molecule has 1 aromatic rings. The number of aliphatic hydroxyl groups is 1. The van der Waals surface area contributed by atoms with Crippen molar-refractivity contribution >= 4 is 22.9 Å². The highest BCUT2D eigenvalue weighted by Gasteiger charge is 2.10. The summed E-state index contributed by atoms with van der Waals surface area (Å²) in [5, 5.41) is 8.84. The molecule has 0 aliphatic rings. The number of hydrogen-bond donors (Lipinski definition) is 2. The lowest BCUT2D eigenvalue weighted by atomic mass is 10.2. The molecule has 0 radical (unpaired) electrons. The van der Waals surface area contributed by atoms with Crippen molar-refractivity contribution in [3.05, 3.63) is 24.0 Å². The number of aliphatic hydroxyl groups excluding tert-OH is 1. The van der Waals surface area contributed by atoms with Crippen LogP contribution in [0.15, 0.2) is 18.5 Å². The maximum atomic E-state index is 8.84. The largest absolute Gasteiger partial charge is 0.396 e. The number of rotatable bonds is 6. The SMILES string of the molecule is CCN(CCCO)c1cnccc1C(N)=S. The third-order valence-electron chi connectivity index (χ3n) is 2.37. The van der Waals surface area contributed by atoms with Crippen molar-refractivity contribution in [3.8, 4) is 0 Å². The quantitative estimate of drug-likeness (QED) is 0.723. The average Bonchev–Trinajstić information content (AvgIpc) is 2.30. The Balaban J connectivity index is 2.94. The summed E-state index contributed by atoms with van der Waals surface area (Å²) in [4.78, 5) is 6.57. The standard InChI is InChI=1S/C11H17N3OS/c1-2-14(6-3-7-15)10-8-13-5-4-9(10)11(12)16/h4-5,8,15H,2-3,6-7H2,1H3,(H2,12,16). The second kappa shape index (κ2) is 6.40. The normalized spacial score (nSPS) is 10.1. The molecule has 0 amide bonds. The van der Waals surface area contributed by atoms with Gasteiger partial charge >= 0.3 is 0 Å². The number of aromatic nitrogens is 1. The molecular formula is C11H17N3OS. The van der Waals surface area contributed by atoms with Gasteiger partial charge in [-0.05, 0) is 19.4 Å². The van der Waals surface area contributed by atoms with Crippen molar-refractivity contribution in [1.82, 2.24) is 4.98 Å². The van der Waals surface area contributed by atoms with E-state index in [1.807, 2.05) is 13.0 Å². The zero-order chi connectivity index (χ0) is 12.0. The van der Waals surface area contributed by atoms with E-state index in [1.54, 1.807) is 12.4 Å². The highest BCUT2D eigenvalue weighted by molar-refractivity contribution is 7.80. The summed E-state index contributed by atoms with van der Waals surface area (Å²) in [7, 11) is 0. The van der Waals surface area contributed by atoms with E-state index in [9.17, 15) is 0 Å². The summed E-state index contributed by atoms with van der Waals surface area (Å²) in [6, 6.07) is 1.82. The van der Waals surface area contributed by atoms with Crippen LogP contribution in [0.3, 0.4) is 0 Å². The molecule has 1 rings (SSSR count). The predicted octanol–water partition coefficient (Wildman–Crippen LogP) is 0.925. The average molecular weight is 239 g/mol. The molecule has 1 aromatic heterocycles. The van der Waals surface area contributed by atoms with E-state index in [2.05, 4.69) is 9.88 Å². The summed E-state index contributed by atoms with van der Waals surface area (Å²) in [6.07, 6.45) is 4.16.